The minimum atomic E-state index is -0.0404. The molecule has 3 rings (SSSR count). The van der Waals surface area contributed by atoms with Crippen LogP contribution in [0.15, 0.2) is 16.0 Å². The zero-order chi connectivity index (χ0) is 14.8. The van der Waals surface area contributed by atoms with E-state index in [1.165, 1.54) is 12.8 Å². The molecule has 0 N–H and O–H groups in total. The predicted octanol–water partition coefficient (Wildman–Crippen LogP) is 1.99. The van der Waals surface area contributed by atoms with Gasteiger partial charge in [0.15, 0.2) is 5.16 Å². The molecular formula is C15H21N3O2S. The molecule has 114 valence electrons. The maximum absolute atomic E-state index is 12.5. The predicted molar refractivity (Wildman–Crippen MR) is 82.7 cm³/mol. The van der Waals surface area contributed by atoms with Crippen molar-refractivity contribution in [1.29, 1.82) is 0 Å². The molecule has 0 aliphatic carbocycles. The summed E-state index contributed by atoms with van der Waals surface area (Å²) in [6.45, 7) is 3.57. The van der Waals surface area contributed by atoms with Gasteiger partial charge in [-0.1, -0.05) is 24.6 Å². The fourth-order valence-corrected chi connectivity index (χ4v) is 4.26. The summed E-state index contributed by atoms with van der Waals surface area (Å²) < 4.78 is 1.70. The molecule has 1 aromatic rings. The highest BCUT2D eigenvalue weighted by Crippen LogP contribution is 2.32. The number of hydrogen-bond donors (Lipinski definition) is 0. The van der Waals surface area contributed by atoms with Gasteiger partial charge in [-0.05, 0) is 19.8 Å². The fraction of sp³-hybridized carbons (Fsp3) is 0.667. The van der Waals surface area contributed by atoms with E-state index in [1.807, 2.05) is 11.8 Å². The number of carbonyl (C=O) groups excluding carboxylic acids is 1. The maximum atomic E-state index is 12.5. The summed E-state index contributed by atoms with van der Waals surface area (Å²) in [6.07, 6.45) is 5.05. The van der Waals surface area contributed by atoms with Crippen LogP contribution < -0.4 is 5.56 Å². The Morgan fingerprint density at radius 1 is 1.33 bits per heavy atom. The fourth-order valence-electron chi connectivity index (χ4n) is 3.06. The summed E-state index contributed by atoms with van der Waals surface area (Å²) in [5.41, 5.74) is 0.717. The first-order valence-corrected chi connectivity index (χ1v) is 8.64. The summed E-state index contributed by atoms with van der Waals surface area (Å²) >= 11 is 1.58. The van der Waals surface area contributed by atoms with Gasteiger partial charge in [0.25, 0.3) is 5.56 Å². The van der Waals surface area contributed by atoms with Crippen LogP contribution in [0.1, 0.15) is 43.8 Å². The first-order chi connectivity index (χ1) is 10.1. The lowest BCUT2D eigenvalue weighted by Crippen LogP contribution is -2.35. The first-order valence-electron chi connectivity index (χ1n) is 7.66. The summed E-state index contributed by atoms with van der Waals surface area (Å²) in [5.74, 6) is 0.952. The Balaban J connectivity index is 1.73. The van der Waals surface area contributed by atoms with Crippen LogP contribution in [0.4, 0.5) is 0 Å². The van der Waals surface area contributed by atoms with E-state index in [0.717, 1.165) is 42.5 Å². The normalized spacial score (nSPS) is 22.0. The molecule has 1 amide bonds. The van der Waals surface area contributed by atoms with Crippen molar-refractivity contribution in [3.05, 3.63) is 22.1 Å². The van der Waals surface area contributed by atoms with Crippen molar-refractivity contribution < 1.29 is 4.79 Å². The summed E-state index contributed by atoms with van der Waals surface area (Å²) in [4.78, 5) is 31.0. The lowest BCUT2D eigenvalue weighted by Gasteiger charge is -2.22. The second-order valence-corrected chi connectivity index (χ2v) is 6.84. The van der Waals surface area contributed by atoms with Gasteiger partial charge in [-0.3, -0.25) is 14.2 Å². The highest BCUT2D eigenvalue weighted by atomic mass is 32.2. The van der Waals surface area contributed by atoms with Crippen LogP contribution in [0.2, 0.25) is 0 Å². The monoisotopic (exact) mass is 307 g/mol. The van der Waals surface area contributed by atoms with Crippen LogP contribution >= 0.6 is 11.8 Å². The molecule has 21 heavy (non-hydrogen) atoms. The second kappa shape index (κ2) is 6.22. The van der Waals surface area contributed by atoms with Crippen molar-refractivity contribution in [3.63, 3.8) is 0 Å². The van der Waals surface area contributed by atoms with E-state index in [1.54, 1.807) is 22.4 Å². The number of amides is 1. The van der Waals surface area contributed by atoms with E-state index in [9.17, 15) is 9.59 Å². The largest absolute Gasteiger partial charge is 0.343 e. The lowest BCUT2D eigenvalue weighted by molar-refractivity contribution is -0.131. The third kappa shape index (κ3) is 3.15. The Labute approximate surface area is 128 Å². The van der Waals surface area contributed by atoms with Crippen molar-refractivity contribution in [1.82, 2.24) is 14.5 Å². The first kappa shape index (κ1) is 14.6. The molecule has 0 spiro atoms. The van der Waals surface area contributed by atoms with Gasteiger partial charge in [0.2, 0.25) is 5.91 Å². The van der Waals surface area contributed by atoms with Crippen molar-refractivity contribution in [2.24, 2.45) is 0 Å². The summed E-state index contributed by atoms with van der Waals surface area (Å²) in [7, 11) is 0. The molecule has 1 saturated heterocycles. The lowest BCUT2D eigenvalue weighted by atomic mass is 10.2. The highest BCUT2D eigenvalue weighted by Gasteiger charge is 2.29. The molecule has 1 aromatic heterocycles. The van der Waals surface area contributed by atoms with Gasteiger partial charge >= 0.3 is 0 Å². The minimum absolute atomic E-state index is 0.0313. The molecule has 1 unspecified atom stereocenters. The second-order valence-electron chi connectivity index (χ2n) is 5.85. The number of rotatable bonds is 2. The van der Waals surface area contributed by atoms with E-state index in [0.29, 0.717) is 6.42 Å². The zero-order valence-corrected chi connectivity index (χ0v) is 13.2. The molecule has 0 saturated carbocycles. The molecule has 2 aliphatic heterocycles. The number of aryl methyl sites for hydroxylation is 1. The molecule has 3 heterocycles. The summed E-state index contributed by atoms with van der Waals surface area (Å²) in [5, 5.41) is 0.758. The van der Waals surface area contributed by atoms with E-state index in [2.05, 4.69) is 4.98 Å². The summed E-state index contributed by atoms with van der Waals surface area (Å²) in [6, 6.07) is 1.51. The zero-order valence-electron chi connectivity index (χ0n) is 12.4. The van der Waals surface area contributed by atoms with Gasteiger partial charge in [-0.2, -0.15) is 0 Å². The molecular weight excluding hydrogens is 286 g/mol. The van der Waals surface area contributed by atoms with Crippen LogP contribution in [-0.2, 0) is 4.79 Å². The number of likely N-dealkylation sites (tertiary alicyclic amines) is 1. The van der Waals surface area contributed by atoms with Crippen molar-refractivity contribution in [3.8, 4) is 0 Å². The number of carbonyl (C=O) groups is 1. The van der Waals surface area contributed by atoms with Gasteiger partial charge in [0.05, 0.1) is 6.04 Å². The molecule has 0 bridgehead atoms. The topological polar surface area (TPSA) is 55.2 Å². The van der Waals surface area contributed by atoms with Crippen LogP contribution in [0.5, 0.6) is 0 Å². The number of aromatic nitrogens is 2. The molecule has 0 aromatic carbocycles. The Morgan fingerprint density at radius 3 is 2.76 bits per heavy atom. The van der Waals surface area contributed by atoms with Crippen molar-refractivity contribution in [2.75, 3.05) is 18.8 Å². The van der Waals surface area contributed by atoms with E-state index in [4.69, 9.17) is 0 Å². The molecule has 1 atom stereocenters. The minimum Gasteiger partial charge on any atom is -0.343 e. The van der Waals surface area contributed by atoms with Gasteiger partial charge in [0.1, 0.15) is 0 Å². The smallest absolute Gasteiger partial charge is 0.254 e. The van der Waals surface area contributed by atoms with Crippen LogP contribution in [-0.4, -0.2) is 39.2 Å². The molecule has 5 nitrogen and oxygen atoms in total. The van der Waals surface area contributed by atoms with Gasteiger partial charge < -0.3 is 4.90 Å². The van der Waals surface area contributed by atoms with Crippen molar-refractivity contribution >= 4 is 17.7 Å². The number of nitrogens with zero attached hydrogens (tertiary/aromatic N) is 3. The Hall–Kier alpha value is -1.30. The van der Waals surface area contributed by atoms with E-state index < -0.39 is 0 Å². The Bertz CT molecular complexity index is 591. The van der Waals surface area contributed by atoms with Gasteiger partial charge in [0, 0.05) is 37.0 Å². The molecule has 6 heteroatoms. The van der Waals surface area contributed by atoms with Crippen LogP contribution in [0.3, 0.4) is 0 Å². The highest BCUT2D eigenvalue weighted by molar-refractivity contribution is 7.99. The van der Waals surface area contributed by atoms with Gasteiger partial charge in [-0.15, -0.1) is 0 Å². The Kier molecular flexibility index (Phi) is 4.33. The van der Waals surface area contributed by atoms with Crippen molar-refractivity contribution in [2.45, 2.75) is 50.2 Å². The standard InChI is InChI=1S/C15H21N3O2S/c1-11-8-14(20)18-12(10-21-15(18)16-11)9-13(19)17-6-4-2-3-5-7-17/h8,12H,2-7,9-10H2,1H3. The molecule has 1 fully saturated rings. The van der Waals surface area contributed by atoms with Gasteiger partial charge in [-0.25, -0.2) is 4.98 Å². The number of hydrogen-bond acceptors (Lipinski definition) is 4. The number of thioether (sulfide) groups is 1. The third-order valence-corrected chi connectivity index (χ3v) is 5.28. The van der Waals surface area contributed by atoms with Crippen LogP contribution in [0, 0.1) is 6.92 Å². The Morgan fingerprint density at radius 2 is 2.05 bits per heavy atom. The average Bonchev–Trinajstić information content (AvgIpc) is 2.68. The van der Waals surface area contributed by atoms with Crippen LogP contribution in [0.25, 0.3) is 0 Å². The third-order valence-electron chi connectivity index (χ3n) is 4.19. The average molecular weight is 307 g/mol. The molecule has 0 radical (unpaired) electrons. The maximum Gasteiger partial charge on any atom is 0.254 e. The number of fused-ring (bicyclic) bond motifs is 1. The van der Waals surface area contributed by atoms with E-state index >= 15 is 0 Å². The quantitative estimate of drug-likeness (QED) is 0.784. The van der Waals surface area contributed by atoms with E-state index in [-0.39, 0.29) is 17.5 Å². The molecule has 2 aliphatic rings. The SMILES string of the molecule is Cc1cc(=O)n2c(n1)SCC2CC(=O)N1CCCCCC1.